The molecule has 0 aliphatic carbocycles. The number of rotatable bonds is 13. The zero-order valence-electron chi connectivity index (χ0n) is 31.9. The number of carbonyl (C=O) groups excluding carboxylic acids is 2. The van der Waals surface area contributed by atoms with Crippen LogP contribution in [0.5, 0.6) is 11.5 Å². The molecular formula is C42H48N6O6Si. The normalized spacial score (nSPS) is 20.5. The molecule has 1 saturated heterocycles. The summed E-state index contributed by atoms with van der Waals surface area (Å²) in [5, 5.41) is 22.2. The Morgan fingerprint density at radius 2 is 1.67 bits per heavy atom. The Morgan fingerprint density at radius 1 is 0.982 bits per heavy atom. The highest BCUT2D eigenvalue weighted by atomic mass is 28.3. The molecule has 12 nitrogen and oxygen atoms in total. The van der Waals surface area contributed by atoms with Crippen LogP contribution in [0, 0.1) is 5.92 Å². The Labute approximate surface area is 322 Å². The Hall–Kier alpha value is -5.50. The number of aliphatic hydroxyl groups excluding tert-OH is 1. The molecule has 2 aliphatic heterocycles. The minimum Gasteiger partial charge on any atom is -0.497 e. The van der Waals surface area contributed by atoms with Crippen LogP contribution in [0.3, 0.4) is 0 Å². The highest BCUT2D eigenvalue weighted by Gasteiger charge is 2.66. The van der Waals surface area contributed by atoms with Gasteiger partial charge in [-0.2, -0.15) is 0 Å². The first kappa shape index (κ1) is 37.8. The molecule has 0 radical (unpaired) electrons. The number of aliphatic hydroxyl groups is 1. The third kappa shape index (κ3) is 7.10. The third-order valence-electron chi connectivity index (χ3n) is 11.4. The lowest BCUT2D eigenvalue weighted by Crippen LogP contribution is -2.51. The van der Waals surface area contributed by atoms with Gasteiger partial charge >= 0.3 is 0 Å². The van der Waals surface area contributed by atoms with E-state index in [0.29, 0.717) is 48.6 Å². The van der Waals surface area contributed by atoms with E-state index in [2.05, 4.69) is 47.8 Å². The first-order valence-corrected chi connectivity index (χ1v) is 21.6. The van der Waals surface area contributed by atoms with Gasteiger partial charge in [0.05, 0.1) is 46.3 Å². The van der Waals surface area contributed by atoms with Gasteiger partial charge in [-0.1, -0.05) is 54.7 Å². The molecule has 4 aromatic carbocycles. The summed E-state index contributed by atoms with van der Waals surface area (Å²) < 4.78 is 20.3. The zero-order valence-corrected chi connectivity index (χ0v) is 32.9. The lowest BCUT2D eigenvalue weighted by molar-refractivity contribution is -0.146. The maximum absolute atomic E-state index is 15.2. The number of anilines is 3. The van der Waals surface area contributed by atoms with Gasteiger partial charge in [-0.15, -0.1) is 5.10 Å². The minimum atomic E-state index is -2.37. The molecule has 0 bridgehead atoms. The SMILES string of the molecule is COc1ccc([Si](C)(C)[C@@H]2[C@@H](CCn3cc(CCO)nn3)O[C@]3(C(=O)N(Cc4ccc(NC(=O)c5ccc(N)cc5)cc4)c4ccc(OC)cc43)[C@H]2C)cc1. The van der Waals surface area contributed by atoms with Gasteiger partial charge in [0.25, 0.3) is 11.8 Å². The fraction of sp³-hybridized carbons (Fsp3) is 0.333. The van der Waals surface area contributed by atoms with E-state index >= 15 is 4.79 Å². The van der Waals surface area contributed by atoms with Gasteiger partial charge in [-0.3, -0.25) is 14.3 Å². The number of ether oxygens (including phenoxy) is 3. The fourth-order valence-corrected chi connectivity index (χ4v) is 12.6. The summed E-state index contributed by atoms with van der Waals surface area (Å²) >= 11 is 0. The number of hydrogen-bond donors (Lipinski definition) is 3. The molecule has 1 fully saturated rings. The number of nitrogens with two attached hydrogens (primary N) is 1. The average Bonchev–Trinajstić information content (AvgIpc) is 3.84. The van der Waals surface area contributed by atoms with Gasteiger partial charge in [0.2, 0.25) is 0 Å². The van der Waals surface area contributed by atoms with E-state index in [4.69, 9.17) is 19.9 Å². The number of benzene rings is 4. The number of hydrogen-bond acceptors (Lipinski definition) is 9. The maximum atomic E-state index is 15.2. The topological polar surface area (TPSA) is 154 Å². The van der Waals surface area contributed by atoms with Gasteiger partial charge in [0, 0.05) is 54.2 Å². The van der Waals surface area contributed by atoms with Crippen LogP contribution in [0.1, 0.15) is 40.5 Å². The number of nitrogen functional groups attached to an aromatic ring is 1. The van der Waals surface area contributed by atoms with Crippen LogP contribution in [0.15, 0.2) is 97.2 Å². The number of methoxy groups -OCH3 is 2. The number of nitrogens with one attached hydrogen (secondary N) is 1. The van der Waals surface area contributed by atoms with Crippen molar-refractivity contribution in [3.8, 4) is 11.5 Å². The molecule has 1 aromatic heterocycles. The van der Waals surface area contributed by atoms with Crippen LogP contribution in [0.2, 0.25) is 18.6 Å². The summed E-state index contributed by atoms with van der Waals surface area (Å²) in [4.78, 5) is 29.9. The van der Waals surface area contributed by atoms with Gasteiger partial charge < -0.3 is 35.3 Å². The highest BCUT2D eigenvalue weighted by Crippen LogP contribution is 2.60. The van der Waals surface area contributed by atoms with Crippen molar-refractivity contribution in [1.82, 2.24) is 15.0 Å². The van der Waals surface area contributed by atoms with Crippen LogP contribution >= 0.6 is 0 Å². The Balaban J connectivity index is 1.21. The molecule has 55 heavy (non-hydrogen) atoms. The Bertz CT molecular complexity index is 2160. The number of aromatic nitrogens is 3. The van der Waals surface area contributed by atoms with E-state index in [-0.39, 0.29) is 36.0 Å². The zero-order chi connectivity index (χ0) is 38.9. The third-order valence-corrected chi connectivity index (χ3v) is 15.7. The molecular weight excluding hydrogens is 713 g/mol. The molecule has 4 atom stereocenters. The first-order chi connectivity index (χ1) is 26.5. The summed E-state index contributed by atoms with van der Waals surface area (Å²) in [7, 11) is 0.929. The minimum absolute atomic E-state index is 0.000891. The number of nitrogens with zero attached hydrogens (tertiary/aromatic N) is 4. The lowest BCUT2D eigenvalue weighted by atomic mass is 9.82. The molecule has 3 heterocycles. The smallest absolute Gasteiger partial charge is 0.264 e. The molecule has 2 aliphatic rings. The predicted octanol–water partition coefficient (Wildman–Crippen LogP) is 5.52. The fourth-order valence-electron chi connectivity index (χ4n) is 8.50. The standard InChI is InChI=1S/C42H48N6O6Si/c1-27-39(55(4,5)35-17-14-33(52-2)15-18-35)38(20-22-47-26-32(21-23-49)45-46-47)54-42(27)36-24-34(53-3)16-19-37(36)48(41(42)51)25-28-6-12-31(13-7-28)44-40(50)29-8-10-30(43)11-9-29/h6-19,24,26-27,38-39,49H,20-23,25,43H2,1-5H3,(H,44,50)/t27-,38+,39-,42+/m0/s1. The summed E-state index contributed by atoms with van der Waals surface area (Å²) in [5.41, 5.74) is 9.51. The van der Waals surface area contributed by atoms with E-state index in [9.17, 15) is 9.90 Å². The second-order valence-corrected chi connectivity index (χ2v) is 19.6. The lowest BCUT2D eigenvalue weighted by Gasteiger charge is -2.37. The van der Waals surface area contributed by atoms with Crippen LogP contribution in [0.25, 0.3) is 0 Å². The molecule has 0 saturated carbocycles. The monoisotopic (exact) mass is 760 g/mol. The second-order valence-electron chi connectivity index (χ2n) is 14.9. The number of amides is 2. The highest BCUT2D eigenvalue weighted by molar-refractivity contribution is 6.91. The van der Waals surface area contributed by atoms with Crippen molar-refractivity contribution in [2.24, 2.45) is 5.92 Å². The number of carbonyl (C=O) groups is 2. The van der Waals surface area contributed by atoms with Crippen LogP contribution < -0.4 is 30.6 Å². The molecule has 7 rings (SSSR count). The van der Waals surface area contributed by atoms with Crippen molar-refractivity contribution < 1.29 is 28.9 Å². The first-order valence-electron chi connectivity index (χ1n) is 18.6. The van der Waals surface area contributed by atoms with Crippen molar-refractivity contribution in [3.05, 3.63) is 120 Å². The van der Waals surface area contributed by atoms with Crippen molar-refractivity contribution in [2.45, 2.75) is 63.2 Å². The summed E-state index contributed by atoms with van der Waals surface area (Å²) in [5.74, 6) is 0.898. The van der Waals surface area contributed by atoms with Crippen molar-refractivity contribution in [2.75, 3.05) is 36.8 Å². The van der Waals surface area contributed by atoms with E-state index in [1.165, 1.54) is 5.19 Å². The molecule has 5 aromatic rings. The molecule has 0 unspecified atom stereocenters. The van der Waals surface area contributed by atoms with Crippen molar-refractivity contribution in [1.29, 1.82) is 0 Å². The van der Waals surface area contributed by atoms with Crippen LogP contribution in [-0.2, 0) is 34.6 Å². The van der Waals surface area contributed by atoms with Gasteiger partial charge in [0.15, 0.2) is 5.60 Å². The summed E-state index contributed by atoms with van der Waals surface area (Å²) in [6.45, 7) is 7.74. The average molecular weight is 761 g/mol. The Morgan fingerprint density at radius 3 is 2.35 bits per heavy atom. The van der Waals surface area contributed by atoms with E-state index in [0.717, 1.165) is 28.3 Å². The van der Waals surface area contributed by atoms with Gasteiger partial charge in [-0.25, -0.2) is 0 Å². The second kappa shape index (κ2) is 15.3. The molecule has 2 amide bonds. The number of aryl methyl sites for hydroxylation is 1. The molecule has 286 valence electrons. The van der Waals surface area contributed by atoms with E-state index < -0.39 is 13.7 Å². The van der Waals surface area contributed by atoms with Gasteiger partial charge in [0.1, 0.15) is 11.5 Å². The Kier molecular flexibility index (Phi) is 10.5. The maximum Gasteiger partial charge on any atom is 0.264 e. The number of fused-ring (bicyclic) bond motifs is 2. The van der Waals surface area contributed by atoms with Crippen molar-refractivity contribution >= 4 is 42.1 Å². The summed E-state index contributed by atoms with van der Waals surface area (Å²) in [6, 6.07) is 28.4. The largest absolute Gasteiger partial charge is 0.497 e. The van der Waals surface area contributed by atoms with Crippen LogP contribution in [-0.4, -0.2) is 66.9 Å². The summed E-state index contributed by atoms with van der Waals surface area (Å²) in [6.07, 6.45) is 2.63. The molecule has 13 heteroatoms. The van der Waals surface area contributed by atoms with E-state index in [1.807, 2.05) is 65.7 Å². The predicted molar refractivity (Wildman–Crippen MR) is 214 cm³/mol. The quantitative estimate of drug-likeness (QED) is 0.104. The van der Waals surface area contributed by atoms with Crippen molar-refractivity contribution in [3.63, 3.8) is 0 Å². The molecule has 1 spiro atoms. The van der Waals surface area contributed by atoms with E-state index in [1.54, 1.807) is 43.2 Å². The van der Waals surface area contributed by atoms with Crippen LogP contribution in [0.4, 0.5) is 17.1 Å². The molecule has 4 N–H and O–H groups in total. The van der Waals surface area contributed by atoms with Gasteiger partial charge in [-0.05, 0) is 84.3 Å².